The molecule has 0 bridgehead atoms. The molecule has 3 nitrogen and oxygen atoms in total. The van der Waals surface area contributed by atoms with Gasteiger partial charge in [-0.1, -0.05) is 18.2 Å². The van der Waals surface area contributed by atoms with Crippen molar-refractivity contribution in [2.45, 2.75) is 12.8 Å². The molecule has 1 aliphatic heterocycles. The summed E-state index contributed by atoms with van der Waals surface area (Å²) in [6, 6.07) is 8.01. The standard InChI is InChI=1S/C7H6N2.C5H8O/c1-2-4-7-6(3-1)5-8-9-7;1-2-4-6-5-3-1/h1-5H,(H,8,9);2,4H,1,3,5H2. The van der Waals surface area contributed by atoms with Crippen molar-refractivity contribution in [1.29, 1.82) is 0 Å². The molecular weight excluding hydrogens is 188 g/mol. The monoisotopic (exact) mass is 202 g/mol. The number of nitrogens with zero attached hydrogens (tertiary/aromatic N) is 1. The van der Waals surface area contributed by atoms with Crippen LogP contribution in [0.3, 0.4) is 0 Å². The van der Waals surface area contributed by atoms with Crippen molar-refractivity contribution in [2.75, 3.05) is 6.61 Å². The Bertz CT molecular complexity index is 396. The molecule has 0 unspecified atom stereocenters. The van der Waals surface area contributed by atoms with E-state index in [0.717, 1.165) is 17.5 Å². The number of ether oxygens (including phenoxy) is 1. The largest absolute Gasteiger partial charge is 0.502 e. The third-order valence-corrected chi connectivity index (χ3v) is 2.17. The van der Waals surface area contributed by atoms with E-state index in [9.17, 15) is 0 Å². The van der Waals surface area contributed by atoms with E-state index in [4.69, 9.17) is 4.74 Å². The third kappa shape index (κ3) is 2.84. The topological polar surface area (TPSA) is 37.9 Å². The van der Waals surface area contributed by atoms with Gasteiger partial charge in [0.25, 0.3) is 0 Å². The molecule has 1 aromatic heterocycles. The lowest BCUT2D eigenvalue weighted by molar-refractivity contribution is 0.231. The van der Waals surface area contributed by atoms with Gasteiger partial charge in [-0.05, 0) is 25.0 Å². The van der Waals surface area contributed by atoms with Crippen LogP contribution in [0.25, 0.3) is 10.9 Å². The van der Waals surface area contributed by atoms with Crippen LogP contribution in [0.4, 0.5) is 0 Å². The number of para-hydroxylation sites is 1. The third-order valence-electron chi connectivity index (χ3n) is 2.17. The van der Waals surface area contributed by atoms with E-state index in [1.54, 1.807) is 6.26 Å². The summed E-state index contributed by atoms with van der Waals surface area (Å²) in [5, 5.41) is 7.91. The average molecular weight is 202 g/mol. The van der Waals surface area contributed by atoms with Gasteiger partial charge >= 0.3 is 0 Å². The number of hydrogen-bond donors (Lipinski definition) is 1. The Hall–Kier alpha value is -1.77. The van der Waals surface area contributed by atoms with E-state index in [0.29, 0.717) is 0 Å². The minimum atomic E-state index is 0.913. The molecule has 1 aromatic carbocycles. The zero-order valence-electron chi connectivity index (χ0n) is 8.52. The fourth-order valence-corrected chi connectivity index (χ4v) is 1.37. The number of H-pyrrole nitrogens is 1. The highest BCUT2D eigenvalue weighted by atomic mass is 16.5. The second-order valence-corrected chi connectivity index (χ2v) is 3.34. The first-order chi connectivity index (χ1) is 7.47. The molecule has 1 aliphatic rings. The summed E-state index contributed by atoms with van der Waals surface area (Å²) < 4.78 is 4.89. The molecule has 3 rings (SSSR count). The number of nitrogens with one attached hydrogen (secondary N) is 1. The average Bonchev–Trinajstić information content (AvgIpc) is 2.80. The first-order valence-electron chi connectivity index (χ1n) is 5.11. The zero-order valence-corrected chi connectivity index (χ0v) is 8.52. The van der Waals surface area contributed by atoms with Gasteiger partial charge in [0.05, 0.1) is 24.6 Å². The Balaban J connectivity index is 0.000000124. The Morgan fingerprint density at radius 3 is 2.80 bits per heavy atom. The zero-order chi connectivity index (χ0) is 10.3. The molecule has 2 heterocycles. The highest BCUT2D eigenvalue weighted by Gasteiger charge is 1.88. The Labute approximate surface area is 88.8 Å². The van der Waals surface area contributed by atoms with Gasteiger partial charge in [0.2, 0.25) is 0 Å². The van der Waals surface area contributed by atoms with Gasteiger partial charge in [-0.25, -0.2) is 0 Å². The molecule has 0 radical (unpaired) electrons. The van der Waals surface area contributed by atoms with Crippen molar-refractivity contribution < 1.29 is 4.74 Å². The molecule has 0 spiro atoms. The van der Waals surface area contributed by atoms with Crippen LogP contribution >= 0.6 is 0 Å². The first-order valence-corrected chi connectivity index (χ1v) is 5.11. The van der Waals surface area contributed by atoms with Gasteiger partial charge < -0.3 is 4.74 Å². The molecule has 0 amide bonds. The molecule has 0 saturated carbocycles. The number of benzene rings is 1. The number of aromatic amines is 1. The molecule has 0 atom stereocenters. The first kappa shape index (κ1) is 9.77. The molecule has 1 N–H and O–H groups in total. The predicted octanol–water partition coefficient (Wildman–Crippen LogP) is 2.87. The summed E-state index contributed by atoms with van der Waals surface area (Å²) in [6.45, 7) is 0.913. The van der Waals surface area contributed by atoms with Crippen molar-refractivity contribution in [3.8, 4) is 0 Å². The van der Waals surface area contributed by atoms with E-state index in [1.807, 2.05) is 36.5 Å². The number of allylic oxidation sites excluding steroid dienone is 1. The van der Waals surface area contributed by atoms with Crippen molar-refractivity contribution in [3.63, 3.8) is 0 Å². The fourth-order valence-electron chi connectivity index (χ4n) is 1.37. The lowest BCUT2D eigenvalue weighted by Gasteiger charge is -2.01. The van der Waals surface area contributed by atoms with Crippen molar-refractivity contribution in [3.05, 3.63) is 42.8 Å². The highest BCUT2D eigenvalue weighted by molar-refractivity contribution is 5.77. The van der Waals surface area contributed by atoms with Crippen molar-refractivity contribution >= 4 is 10.9 Å². The molecule has 3 heteroatoms. The van der Waals surface area contributed by atoms with Crippen LogP contribution in [-0.4, -0.2) is 16.8 Å². The van der Waals surface area contributed by atoms with Crippen LogP contribution in [0, 0.1) is 0 Å². The van der Waals surface area contributed by atoms with Gasteiger partial charge in [0, 0.05) is 5.39 Å². The maximum Gasteiger partial charge on any atom is 0.0876 e. The maximum absolute atomic E-state index is 4.89. The quantitative estimate of drug-likeness (QED) is 0.713. The molecule has 2 aromatic rings. The van der Waals surface area contributed by atoms with Crippen LogP contribution < -0.4 is 0 Å². The van der Waals surface area contributed by atoms with E-state index < -0.39 is 0 Å². The van der Waals surface area contributed by atoms with E-state index in [2.05, 4.69) is 10.2 Å². The lowest BCUT2D eigenvalue weighted by atomic mass is 10.3. The van der Waals surface area contributed by atoms with E-state index in [-0.39, 0.29) is 0 Å². The molecule has 15 heavy (non-hydrogen) atoms. The van der Waals surface area contributed by atoms with Gasteiger partial charge in [0.1, 0.15) is 0 Å². The Kier molecular flexibility index (Phi) is 3.38. The van der Waals surface area contributed by atoms with Crippen LogP contribution in [0.2, 0.25) is 0 Å². The SMILES string of the molecule is C1=COCCC1.c1ccc2[nH]ncc2c1. The van der Waals surface area contributed by atoms with Crippen molar-refractivity contribution in [1.82, 2.24) is 10.2 Å². The van der Waals surface area contributed by atoms with Gasteiger partial charge in [-0.3, -0.25) is 5.10 Å². The molecular formula is C12H14N2O. The van der Waals surface area contributed by atoms with Crippen LogP contribution in [0.5, 0.6) is 0 Å². The fraction of sp³-hybridized carbons (Fsp3) is 0.250. The lowest BCUT2D eigenvalue weighted by Crippen LogP contribution is -1.90. The summed E-state index contributed by atoms with van der Waals surface area (Å²) >= 11 is 0. The maximum atomic E-state index is 4.89. The number of hydrogen-bond acceptors (Lipinski definition) is 2. The van der Waals surface area contributed by atoms with E-state index in [1.165, 1.54) is 12.8 Å². The summed E-state index contributed by atoms with van der Waals surface area (Å²) in [4.78, 5) is 0. The Morgan fingerprint density at radius 2 is 2.20 bits per heavy atom. The second kappa shape index (κ2) is 5.20. The van der Waals surface area contributed by atoms with Crippen molar-refractivity contribution in [2.24, 2.45) is 0 Å². The van der Waals surface area contributed by atoms with Gasteiger partial charge in [0.15, 0.2) is 0 Å². The number of fused-ring (bicyclic) bond motifs is 1. The summed E-state index contributed by atoms with van der Waals surface area (Å²) in [6.07, 6.45) is 8.01. The molecule has 0 aliphatic carbocycles. The molecule has 0 fully saturated rings. The predicted molar refractivity (Wildman–Crippen MR) is 60.4 cm³/mol. The highest BCUT2D eigenvalue weighted by Crippen LogP contribution is 2.06. The van der Waals surface area contributed by atoms with Crippen LogP contribution in [0.1, 0.15) is 12.8 Å². The minimum Gasteiger partial charge on any atom is -0.502 e. The summed E-state index contributed by atoms with van der Waals surface area (Å²) in [7, 11) is 0. The number of aromatic nitrogens is 2. The summed E-state index contributed by atoms with van der Waals surface area (Å²) in [5.41, 5.74) is 1.09. The van der Waals surface area contributed by atoms with E-state index >= 15 is 0 Å². The van der Waals surface area contributed by atoms with Gasteiger partial charge in [-0.15, -0.1) is 0 Å². The minimum absolute atomic E-state index is 0.913. The second-order valence-electron chi connectivity index (χ2n) is 3.34. The number of rotatable bonds is 0. The van der Waals surface area contributed by atoms with Crippen LogP contribution in [0.15, 0.2) is 42.8 Å². The Morgan fingerprint density at radius 1 is 1.27 bits per heavy atom. The smallest absolute Gasteiger partial charge is 0.0876 e. The van der Waals surface area contributed by atoms with Crippen LogP contribution in [-0.2, 0) is 4.74 Å². The molecule has 78 valence electrons. The summed E-state index contributed by atoms with van der Waals surface area (Å²) in [5.74, 6) is 0. The van der Waals surface area contributed by atoms with Gasteiger partial charge in [-0.2, -0.15) is 5.10 Å². The molecule has 0 saturated heterocycles. The normalized spacial score (nSPS) is 14.1.